The van der Waals surface area contributed by atoms with E-state index in [0.29, 0.717) is 30.3 Å². The number of aromatic nitrogens is 2. The van der Waals surface area contributed by atoms with E-state index in [-0.39, 0.29) is 4.75 Å². The molecule has 116 valence electrons. The quantitative estimate of drug-likeness (QED) is 0.905. The Hall–Kier alpha value is -0.590. The lowest BCUT2D eigenvalue weighted by Gasteiger charge is -2.46. The van der Waals surface area contributed by atoms with Gasteiger partial charge in [-0.2, -0.15) is 0 Å². The van der Waals surface area contributed by atoms with E-state index in [1.807, 2.05) is 0 Å². The van der Waals surface area contributed by atoms with Gasteiger partial charge < -0.3 is 14.3 Å². The highest BCUT2D eigenvalue weighted by atomic mass is 32.3. The van der Waals surface area contributed by atoms with Gasteiger partial charge in [0.2, 0.25) is 11.8 Å². The molecule has 0 aliphatic heterocycles. The first-order chi connectivity index (χ1) is 9.25. The van der Waals surface area contributed by atoms with Crippen LogP contribution in [-0.4, -0.2) is 33.0 Å². The number of hydrogen-bond acceptors (Lipinski definition) is 5. The van der Waals surface area contributed by atoms with Crippen molar-refractivity contribution in [1.29, 1.82) is 0 Å². The Morgan fingerprint density at radius 1 is 1.35 bits per heavy atom. The third-order valence-electron chi connectivity index (χ3n) is 4.30. The van der Waals surface area contributed by atoms with Crippen LogP contribution < -0.4 is 5.73 Å². The Balaban J connectivity index is 1.94. The molecule has 1 saturated carbocycles. The Morgan fingerprint density at radius 2 is 2.00 bits per heavy atom. The fourth-order valence-corrected chi connectivity index (χ4v) is 3.97. The van der Waals surface area contributed by atoms with Crippen LogP contribution in [0.5, 0.6) is 0 Å². The molecule has 0 aromatic carbocycles. The molecule has 1 atom stereocenters. The summed E-state index contributed by atoms with van der Waals surface area (Å²) in [6.07, 6.45) is 4.11. The zero-order valence-corrected chi connectivity index (χ0v) is 14.0. The molecule has 1 fully saturated rings. The van der Waals surface area contributed by atoms with Gasteiger partial charge in [-0.15, -0.1) is 20.5 Å². The molecule has 0 bridgehead atoms. The molecule has 1 aliphatic carbocycles. The molecule has 20 heavy (non-hydrogen) atoms. The first kappa shape index (κ1) is 15.8. The van der Waals surface area contributed by atoms with Crippen molar-refractivity contribution in [3.8, 4) is 0 Å². The topological polar surface area (TPSA) is 74.2 Å². The van der Waals surface area contributed by atoms with Crippen molar-refractivity contribution in [3.63, 3.8) is 0 Å². The molecular formula is C14H27N3O2S. The number of rotatable bonds is 5. The molecule has 1 unspecified atom stereocenters. The smallest absolute Gasteiger partial charge is 0.243 e. The summed E-state index contributed by atoms with van der Waals surface area (Å²) in [7, 11) is -1.15. The van der Waals surface area contributed by atoms with Crippen LogP contribution in [0.1, 0.15) is 58.2 Å². The van der Waals surface area contributed by atoms with Crippen LogP contribution >= 0.6 is 10.3 Å². The lowest BCUT2D eigenvalue weighted by molar-refractivity contribution is 0.253. The second-order valence-corrected chi connectivity index (χ2v) is 10.7. The molecule has 2 N–H and O–H groups in total. The molecule has 5 nitrogen and oxygen atoms in total. The zero-order chi connectivity index (χ0) is 15.0. The van der Waals surface area contributed by atoms with E-state index in [1.54, 1.807) is 0 Å². The van der Waals surface area contributed by atoms with E-state index in [9.17, 15) is 0 Å². The maximum absolute atomic E-state index is 6.16. The monoisotopic (exact) mass is 301 g/mol. The molecule has 1 aromatic rings. The second-order valence-electron chi connectivity index (χ2n) is 6.63. The predicted octanol–water partition coefficient (Wildman–Crippen LogP) is 2.96. The van der Waals surface area contributed by atoms with E-state index in [0.717, 1.165) is 18.6 Å². The normalized spacial score (nSPS) is 27.7. The molecule has 6 heteroatoms. The molecular weight excluding hydrogens is 274 g/mol. The number of nitrogens with two attached hydrogens (primary N) is 1. The van der Waals surface area contributed by atoms with Gasteiger partial charge in [0.15, 0.2) is 0 Å². The van der Waals surface area contributed by atoms with Gasteiger partial charge >= 0.3 is 0 Å². The number of hydrogen-bond donors (Lipinski definition) is 1. The molecule has 0 spiro atoms. The van der Waals surface area contributed by atoms with E-state index in [1.165, 1.54) is 0 Å². The first-order valence-electron chi connectivity index (χ1n) is 7.23. The van der Waals surface area contributed by atoms with Gasteiger partial charge in [-0.05, 0) is 24.9 Å². The highest BCUT2D eigenvalue weighted by molar-refractivity contribution is 8.30. The summed E-state index contributed by atoms with van der Waals surface area (Å²) in [6.45, 7) is 9.25. The van der Waals surface area contributed by atoms with Crippen LogP contribution in [0.2, 0.25) is 0 Å². The fourth-order valence-electron chi connectivity index (χ4n) is 2.23. The molecule has 1 aromatic heterocycles. The molecule has 0 amide bonds. The lowest BCUT2D eigenvalue weighted by atomic mass is 9.81. The van der Waals surface area contributed by atoms with Gasteiger partial charge in [-0.3, -0.25) is 0 Å². The Morgan fingerprint density at radius 3 is 2.50 bits per heavy atom. The van der Waals surface area contributed by atoms with Crippen LogP contribution in [0.15, 0.2) is 4.42 Å². The van der Waals surface area contributed by atoms with Crippen LogP contribution in [0.4, 0.5) is 0 Å². The summed E-state index contributed by atoms with van der Waals surface area (Å²) in [5.41, 5.74) is 5.78. The van der Waals surface area contributed by atoms with Crippen molar-refractivity contribution in [2.24, 2.45) is 5.73 Å². The summed E-state index contributed by atoms with van der Waals surface area (Å²) < 4.78 is 12.0. The maximum atomic E-state index is 6.16. The summed E-state index contributed by atoms with van der Waals surface area (Å²) in [5.74, 6) is 2.67. The molecule has 1 heterocycles. The molecule has 0 saturated heterocycles. The average Bonchev–Trinajstić information content (AvgIpc) is 2.79. The van der Waals surface area contributed by atoms with Gasteiger partial charge in [-0.1, -0.05) is 27.7 Å². The van der Waals surface area contributed by atoms with Crippen molar-refractivity contribution in [1.82, 2.24) is 10.2 Å². The number of nitrogens with zero attached hydrogens (tertiary/aromatic N) is 2. The Labute approximate surface area is 123 Å². The van der Waals surface area contributed by atoms with Gasteiger partial charge in [-0.25, -0.2) is 0 Å². The van der Waals surface area contributed by atoms with E-state index < -0.39 is 10.3 Å². The second kappa shape index (κ2) is 5.66. The van der Waals surface area contributed by atoms with Crippen molar-refractivity contribution in [2.45, 2.75) is 63.9 Å². The van der Waals surface area contributed by atoms with E-state index >= 15 is 0 Å². The van der Waals surface area contributed by atoms with Gasteiger partial charge in [0.05, 0.1) is 0 Å². The largest absolute Gasteiger partial charge is 0.422 e. The van der Waals surface area contributed by atoms with Crippen molar-refractivity contribution in [3.05, 3.63) is 11.8 Å². The minimum atomic E-state index is -1.15. The van der Waals surface area contributed by atoms with Crippen LogP contribution in [0.25, 0.3) is 0 Å². The van der Waals surface area contributed by atoms with Crippen molar-refractivity contribution in [2.75, 3.05) is 12.0 Å². The molecule has 0 radical (unpaired) electrons. The molecule has 1 aliphatic rings. The van der Waals surface area contributed by atoms with E-state index in [2.05, 4.69) is 44.1 Å². The molecule has 2 rings (SSSR count). The highest BCUT2D eigenvalue weighted by Gasteiger charge is 2.34. The fraction of sp³-hybridized carbons (Fsp3) is 0.857. The zero-order valence-electron chi connectivity index (χ0n) is 13.2. The SMILES string of the molecule is CCS(C)(OCc1nnc(C2CC(N)C2)o1)C(C)(C)C. The highest BCUT2D eigenvalue weighted by Crippen LogP contribution is 2.57. The minimum Gasteiger partial charge on any atom is -0.422 e. The maximum Gasteiger partial charge on any atom is 0.243 e. The third-order valence-corrected chi connectivity index (χ3v) is 8.63. The Bertz CT molecular complexity index is 452. The first-order valence-corrected chi connectivity index (χ1v) is 9.36. The summed E-state index contributed by atoms with van der Waals surface area (Å²) >= 11 is 0. The third kappa shape index (κ3) is 3.18. The summed E-state index contributed by atoms with van der Waals surface area (Å²) in [4.78, 5) is 0. The minimum absolute atomic E-state index is 0.144. The lowest BCUT2D eigenvalue weighted by Crippen LogP contribution is -2.34. The Kier molecular flexibility index (Phi) is 4.47. The van der Waals surface area contributed by atoms with E-state index in [4.69, 9.17) is 14.3 Å². The van der Waals surface area contributed by atoms with Gasteiger partial charge in [0, 0.05) is 16.7 Å². The summed E-state index contributed by atoms with van der Waals surface area (Å²) in [5, 5.41) is 8.21. The van der Waals surface area contributed by atoms with Crippen LogP contribution in [0, 0.1) is 0 Å². The van der Waals surface area contributed by atoms with Crippen LogP contribution in [-0.2, 0) is 10.8 Å². The van der Waals surface area contributed by atoms with Gasteiger partial charge in [0.1, 0.15) is 6.61 Å². The van der Waals surface area contributed by atoms with Gasteiger partial charge in [0.25, 0.3) is 0 Å². The van der Waals surface area contributed by atoms with Crippen molar-refractivity contribution < 1.29 is 8.60 Å². The average molecular weight is 301 g/mol. The summed E-state index contributed by atoms with van der Waals surface area (Å²) in [6, 6.07) is 0.292. The predicted molar refractivity (Wildman–Crippen MR) is 82.8 cm³/mol. The van der Waals surface area contributed by atoms with Crippen molar-refractivity contribution >= 4 is 10.3 Å². The standard InChI is InChI=1S/C14H27N3O2S/c1-6-20(5,14(2,3)4)18-9-12-16-17-13(19-12)10-7-11(15)8-10/h10-11H,6-9,15H2,1-5H3. The van der Waals surface area contributed by atoms with Crippen LogP contribution in [0.3, 0.4) is 0 Å².